The average Bonchev–Trinajstić information content (AvgIpc) is 3.53. The summed E-state index contributed by atoms with van der Waals surface area (Å²) in [5, 5.41) is 8.49. The van der Waals surface area contributed by atoms with Gasteiger partial charge in [0, 0.05) is 77.6 Å². The molecule has 1 unspecified atom stereocenters. The summed E-state index contributed by atoms with van der Waals surface area (Å²) in [7, 11) is 1.70. The van der Waals surface area contributed by atoms with Gasteiger partial charge >= 0.3 is 5.97 Å². The van der Waals surface area contributed by atoms with Gasteiger partial charge in [-0.05, 0) is 67.7 Å². The van der Waals surface area contributed by atoms with Crippen LogP contribution in [0.2, 0.25) is 0 Å². The molecule has 4 aromatic rings. The van der Waals surface area contributed by atoms with E-state index in [1.54, 1.807) is 12.1 Å². The number of morpholine rings is 1. The topological polar surface area (TPSA) is 149 Å². The lowest BCUT2D eigenvalue weighted by Crippen LogP contribution is -2.71. The van der Waals surface area contributed by atoms with Gasteiger partial charge in [0.2, 0.25) is 5.91 Å². The maximum absolute atomic E-state index is 14.5. The SMILES string of the molecule is CO[C@@H](C)c1ncc(C#CCN2CCOCC2)cc1-c1c2c3cc(cc4c3n1CCO4)-c1csc(n1)C[C@H](NC(=O)C1[C@@H](C)[C@H]1C)C(=O)N1N[C@H](C(=O)OCC(C)(C)C2)C2CC1C2. The first-order valence-electron chi connectivity index (χ1n) is 22.5. The van der Waals surface area contributed by atoms with E-state index in [4.69, 9.17) is 28.9 Å². The fourth-order valence-corrected chi connectivity index (χ4v) is 11.1. The first kappa shape index (κ1) is 42.1. The maximum atomic E-state index is 14.5. The predicted molar refractivity (Wildman–Crippen MR) is 238 cm³/mol. The van der Waals surface area contributed by atoms with Crippen molar-refractivity contribution in [1.82, 2.24) is 35.2 Å². The molecule has 2 saturated carbocycles. The smallest absolute Gasteiger partial charge is 0.325 e. The summed E-state index contributed by atoms with van der Waals surface area (Å²) in [6.07, 6.45) is 3.70. The molecule has 2 aliphatic carbocycles. The van der Waals surface area contributed by atoms with Gasteiger partial charge in [0.1, 0.15) is 24.4 Å². The number of hydrazine groups is 1. The lowest BCUT2D eigenvalue weighted by atomic mass is 9.73. The number of fused-ring (bicyclic) bond motifs is 4. The molecule has 2 N–H and O–H groups in total. The van der Waals surface area contributed by atoms with Crippen LogP contribution in [-0.4, -0.2) is 114 Å². The summed E-state index contributed by atoms with van der Waals surface area (Å²) in [4.78, 5) is 54.6. The number of carbonyl (C=O) groups is 3. The van der Waals surface area contributed by atoms with E-state index in [2.05, 4.69) is 77.9 Å². The van der Waals surface area contributed by atoms with E-state index in [0.29, 0.717) is 52.2 Å². The molecule has 8 bridgehead atoms. The van der Waals surface area contributed by atoms with Crippen LogP contribution in [0.3, 0.4) is 0 Å². The van der Waals surface area contributed by atoms with Gasteiger partial charge in [0.15, 0.2) is 0 Å². The molecule has 2 amide bonds. The zero-order chi connectivity index (χ0) is 43.7. The van der Waals surface area contributed by atoms with Crippen molar-refractivity contribution in [2.75, 3.05) is 53.2 Å². The van der Waals surface area contributed by atoms with Crippen LogP contribution in [0.4, 0.5) is 0 Å². The van der Waals surface area contributed by atoms with Gasteiger partial charge in [-0.1, -0.05) is 39.5 Å². The number of aromatic nitrogens is 3. The van der Waals surface area contributed by atoms with Crippen molar-refractivity contribution in [2.24, 2.45) is 29.1 Å². The summed E-state index contributed by atoms with van der Waals surface area (Å²) in [5.41, 5.74) is 10.0. The van der Waals surface area contributed by atoms with Crippen molar-refractivity contribution in [1.29, 1.82) is 0 Å². The fourth-order valence-electron chi connectivity index (χ4n) is 10.3. The van der Waals surface area contributed by atoms with E-state index in [1.165, 1.54) is 11.3 Å². The minimum absolute atomic E-state index is 0.0592. The standard InChI is InChI=1S/C48H57N7O7S/c1-26-27(2)40(26)45(56)51-36-21-39-50-37(24-63-39)30-19-33-35(22-48(4,5)25-62-47(58)42-31-17-32(18-31)55(52-42)46(36)57)43(54-12-15-61-38(20-30)44(33)54)34-16-29(23-49-41(34)28(3)59-6)8-7-9-53-10-13-60-14-11-53/h16,19-20,23-24,26-28,31-32,36,40,42,52H,9-15,17-18,21-22,25H2,1-6H3,(H,51,56)/t26-,27+,28-,31?,32?,36-,40?,42-/m0/s1. The van der Waals surface area contributed by atoms with E-state index in [1.807, 2.05) is 18.5 Å². The summed E-state index contributed by atoms with van der Waals surface area (Å²) < 4.78 is 26.6. The zero-order valence-corrected chi connectivity index (χ0v) is 37.8. The van der Waals surface area contributed by atoms with Crippen molar-refractivity contribution < 1.29 is 33.3 Å². The Morgan fingerprint density at radius 3 is 2.65 bits per heavy atom. The molecular weight excluding hydrogens is 819 g/mol. The quantitative estimate of drug-likeness (QED) is 0.196. The number of hydrogen-bond acceptors (Lipinski definition) is 12. The minimum Gasteiger partial charge on any atom is -0.489 e. The summed E-state index contributed by atoms with van der Waals surface area (Å²) in [6.45, 7) is 15.4. The van der Waals surface area contributed by atoms with E-state index in [-0.39, 0.29) is 66.6 Å². The number of ether oxygens (including phenoxy) is 4. The molecule has 0 radical (unpaired) electrons. The van der Waals surface area contributed by atoms with E-state index in [0.717, 1.165) is 74.1 Å². The molecule has 11 rings (SSSR count). The summed E-state index contributed by atoms with van der Waals surface area (Å²) in [6, 6.07) is 4.80. The molecule has 15 heteroatoms. The summed E-state index contributed by atoms with van der Waals surface area (Å²) in [5.74, 6) is 7.22. The van der Waals surface area contributed by atoms with Gasteiger partial charge < -0.3 is 28.8 Å². The number of thiazole rings is 1. The third-order valence-corrected chi connectivity index (χ3v) is 15.2. The third kappa shape index (κ3) is 7.92. The highest BCUT2D eigenvalue weighted by atomic mass is 32.1. The Balaban J connectivity index is 1.10. The van der Waals surface area contributed by atoms with Crippen molar-refractivity contribution in [2.45, 2.75) is 91.1 Å². The Kier molecular flexibility index (Phi) is 11.1. The number of nitrogens with one attached hydrogen (secondary N) is 2. The first-order valence-corrected chi connectivity index (χ1v) is 23.4. The van der Waals surface area contributed by atoms with Crippen LogP contribution in [0.5, 0.6) is 5.75 Å². The molecule has 1 aromatic carbocycles. The number of nitrogens with zero attached hydrogens (tertiary/aromatic N) is 5. The number of rotatable bonds is 6. The van der Waals surface area contributed by atoms with Crippen LogP contribution in [-0.2, 0) is 48.0 Å². The highest BCUT2D eigenvalue weighted by Crippen LogP contribution is 2.48. The Bertz CT molecular complexity index is 2520. The largest absolute Gasteiger partial charge is 0.489 e. The van der Waals surface area contributed by atoms with E-state index < -0.39 is 17.5 Å². The van der Waals surface area contributed by atoms with Crippen LogP contribution in [0, 0.1) is 40.9 Å². The van der Waals surface area contributed by atoms with Gasteiger partial charge in [-0.25, -0.2) is 10.4 Å². The number of hydrogen-bond donors (Lipinski definition) is 2. The molecule has 7 aliphatic rings. The molecular formula is C48H57N7O7S. The highest BCUT2D eigenvalue weighted by molar-refractivity contribution is 7.10. The van der Waals surface area contributed by atoms with E-state index in [9.17, 15) is 14.4 Å². The number of pyridine rings is 1. The lowest BCUT2D eigenvalue weighted by Gasteiger charge is -2.53. The Hall–Kier alpha value is -4.85. The molecule has 14 nitrogen and oxygen atoms in total. The van der Waals surface area contributed by atoms with Gasteiger partial charge in [0.25, 0.3) is 5.91 Å². The van der Waals surface area contributed by atoms with Gasteiger partial charge in [-0.3, -0.25) is 29.3 Å². The Morgan fingerprint density at radius 1 is 1.10 bits per heavy atom. The zero-order valence-electron chi connectivity index (χ0n) is 37.0. The molecule has 5 aliphatic heterocycles. The van der Waals surface area contributed by atoms with E-state index >= 15 is 0 Å². The molecule has 332 valence electrons. The fraction of sp³-hybridized carbons (Fsp3) is 0.562. The second kappa shape index (κ2) is 16.6. The number of methoxy groups -OCH3 is 1. The predicted octanol–water partition coefficient (Wildman–Crippen LogP) is 5.16. The van der Waals surface area contributed by atoms with Crippen LogP contribution in [0.1, 0.15) is 75.4 Å². The van der Waals surface area contributed by atoms with Gasteiger partial charge in [0.05, 0.1) is 66.6 Å². The van der Waals surface area contributed by atoms with Crippen molar-refractivity contribution in [3.63, 3.8) is 0 Å². The molecule has 6 atom stereocenters. The third-order valence-electron chi connectivity index (χ3n) is 14.3. The van der Waals surface area contributed by atoms with Gasteiger partial charge in [-0.2, -0.15) is 0 Å². The molecule has 3 saturated heterocycles. The van der Waals surface area contributed by atoms with Crippen LogP contribution in [0.15, 0.2) is 29.8 Å². The molecule has 8 heterocycles. The van der Waals surface area contributed by atoms with Crippen molar-refractivity contribution in [3.8, 4) is 40.1 Å². The second-order valence-corrected chi connectivity index (χ2v) is 20.2. The van der Waals surface area contributed by atoms with Gasteiger partial charge in [-0.15, -0.1) is 11.3 Å². The molecule has 0 spiro atoms. The Labute approximate surface area is 372 Å². The van der Waals surface area contributed by atoms with Crippen molar-refractivity contribution >= 4 is 40.0 Å². The monoisotopic (exact) mass is 875 g/mol. The number of amides is 2. The molecule has 63 heavy (non-hydrogen) atoms. The molecule has 3 aromatic heterocycles. The average molecular weight is 876 g/mol. The number of carbonyl (C=O) groups excluding carboxylic acids is 3. The summed E-state index contributed by atoms with van der Waals surface area (Å²) >= 11 is 1.47. The maximum Gasteiger partial charge on any atom is 0.325 e. The Morgan fingerprint density at radius 2 is 1.89 bits per heavy atom. The highest BCUT2D eigenvalue weighted by Gasteiger charge is 2.53. The second-order valence-electron chi connectivity index (χ2n) is 19.2. The van der Waals surface area contributed by atoms with Crippen LogP contribution < -0.4 is 15.5 Å². The van der Waals surface area contributed by atoms with Crippen molar-refractivity contribution in [3.05, 3.63) is 51.6 Å². The number of esters is 1. The minimum atomic E-state index is -0.858. The van der Waals surface area contributed by atoms with Crippen LogP contribution >= 0.6 is 11.3 Å². The number of benzene rings is 1. The number of cyclic esters (lactones) is 1. The normalized spacial score (nSPS) is 28.2. The first-order chi connectivity index (χ1) is 30.4. The molecule has 5 fully saturated rings. The lowest BCUT2D eigenvalue weighted by molar-refractivity contribution is -0.171. The van der Waals surface area contributed by atoms with Crippen LogP contribution in [0.25, 0.3) is 33.4 Å².